The molecule has 0 aromatic carbocycles. The van der Waals surface area contributed by atoms with Crippen LogP contribution >= 0.6 is 15.6 Å². The summed E-state index contributed by atoms with van der Waals surface area (Å²) in [7, 11) is -9.91. The van der Waals surface area contributed by atoms with Gasteiger partial charge in [0.25, 0.3) is 0 Å². The van der Waals surface area contributed by atoms with Gasteiger partial charge in [-0.2, -0.15) is 0 Å². The normalized spacial score (nSPS) is 14.8. The van der Waals surface area contributed by atoms with E-state index in [9.17, 15) is 43.2 Å². The molecule has 0 amide bonds. The van der Waals surface area contributed by atoms with E-state index in [4.69, 9.17) is 37.0 Å². The third-order valence-corrected chi connectivity index (χ3v) is 19.4. The van der Waals surface area contributed by atoms with E-state index in [1.54, 1.807) is 0 Å². The Labute approximate surface area is 562 Å². The van der Waals surface area contributed by atoms with Crippen LogP contribution in [0.3, 0.4) is 0 Å². The molecule has 0 aromatic rings. The fourth-order valence-corrected chi connectivity index (χ4v) is 12.5. The zero-order valence-electron chi connectivity index (χ0n) is 60.2. The van der Waals surface area contributed by atoms with Crippen molar-refractivity contribution in [2.75, 3.05) is 39.6 Å². The molecule has 0 saturated carbocycles. The molecular formula is C73H142O17P2. The summed E-state index contributed by atoms with van der Waals surface area (Å²) >= 11 is 0. The predicted octanol–water partition coefficient (Wildman–Crippen LogP) is 20.9. The first-order valence-electron chi connectivity index (χ1n) is 37.8. The third-order valence-electron chi connectivity index (χ3n) is 17.5. The maximum Gasteiger partial charge on any atom is 0.472 e. The molecule has 0 spiro atoms. The number of aliphatic hydroxyl groups is 1. The second kappa shape index (κ2) is 62.6. The number of esters is 4. The molecule has 0 saturated heterocycles. The summed E-state index contributed by atoms with van der Waals surface area (Å²) in [6, 6.07) is 0. The highest BCUT2D eigenvalue weighted by Gasteiger charge is 2.30. The Morgan fingerprint density at radius 1 is 0.304 bits per heavy atom. The Bertz CT molecular complexity index is 1820. The molecule has 92 heavy (non-hydrogen) atoms. The number of phosphoric ester groups is 2. The molecule has 17 nitrogen and oxygen atoms in total. The number of unbranched alkanes of at least 4 members (excludes halogenated alkanes) is 34. The van der Waals surface area contributed by atoms with Gasteiger partial charge in [-0.25, -0.2) is 9.13 Å². The Morgan fingerprint density at radius 3 is 0.772 bits per heavy atom. The van der Waals surface area contributed by atoms with Crippen LogP contribution in [0, 0.1) is 23.7 Å². The monoisotopic (exact) mass is 1350 g/mol. The summed E-state index contributed by atoms with van der Waals surface area (Å²) in [5.41, 5.74) is 0. The first-order chi connectivity index (χ1) is 44.2. The molecule has 0 heterocycles. The smallest absolute Gasteiger partial charge is 0.462 e. The molecule has 0 rings (SSSR count). The van der Waals surface area contributed by atoms with Crippen LogP contribution in [-0.2, 0) is 65.4 Å². The van der Waals surface area contributed by atoms with Crippen molar-refractivity contribution in [2.24, 2.45) is 23.7 Å². The van der Waals surface area contributed by atoms with Crippen LogP contribution in [0.2, 0.25) is 0 Å². The average Bonchev–Trinajstić information content (AvgIpc) is 3.40. The van der Waals surface area contributed by atoms with E-state index >= 15 is 0 Å². The Kier molecular flexibility index (Phi) is 61.3. The van der Waals surface area contributed by atoms with Crippen molar-refractivity contribution in [2.45, 2.75) is 382 Å². The number of carbonyl (C=O) groups excluding carboxylic acids is 4. The van der Waals surface area contributed by atoms with Crippen molar-refractivity contribution in [3.63, 3.8) is 0 Å². The van der Waals surface area contributed by atoms with Crippen LogP contribution in [0.4, 0.5) is 0 Å². The van der Waals surface area contributed by atoms with E-state index in [1.807, 2.05) is 0 Å². The lowest BCUT2D eigenvalue weighted by Gasteiger charge is -2.21. The van der Waals surface area contributed by atoms with Crippen LogP contribution in [0.25, 0.3) is 0 Å². The van der Waals surface area contributed by atoms with Gasteiger partial charge in [0.15, 0.2) is 12.2 Å². The molecule has 546 valence electrons. The van der Waals surface area contributed by atoms with Gasteiger partial charge in [-0.05, 0) is 49.4 Å². The third kappa shape index (κ3) is 64.1. The van der Waals surface area contributed by atoms with Crippen LogP contribution in [0.5, 0.6) is 0 Å². The van der Waals surface area contributed by atoms with Gasteiger partial charge in [-0.1, -0.05) is 312 Å². The summed E-state index contributed by atoms with van der Waals surface area (Å²) in [6.07, 6.45) is 45.9. The number of rotatable bonds is 70. The van der Waals surface area contributed by atoms with Crippen LogP contribution in [0.15, 0.2) is 0 Å². The minimum Gasteiger partial charge on any atom is -0.462 e. The largest absolute Gasteiger partial charge is 0.472 e. The number of hydrogen-bond donors (Lipinski definition) is 3. The maximum atomic E-state index is 13.0. The highest BCUT2D eigenvalue weighted by molar-refractivity contribution is 7.47. The molecule has 19 heteroatoms. The minimum atomic E-state index is -4.95. The van der Waals surface area contributed by atoms with E-state index in [0.717, 1.165) is 114 Å². The van der Waals surface area contributed by atoms with E-state index < -0.39 is 97.5 Å². The summed E-state index contributed by atoms with van der Waals surface area (Å²) in [5, 5.41) is 10.6. The van der Waals surface area contributed by atoms with Gasteiger partial charge in [0, 0.05) is 25.7 Å². The second-order valence-electron chi connectivity index (χ2n) is 27.8. The summed E-state index contributed by atoms with van der Waals surface area (Å²) in [5.74, 6) is 0.927. The van der Waals surface area contributed by atoms with Crippen molar-refractivity contribution >= 4 is 39.5 Å². The zero-order valence-corrected chi connectivity index (χ0v) is 62.0. The first kappa shape index (κ1) is 90.1. The molecule has 0 aliphatic rings. The van der Waals surface area contributed by atoms with Gasteiger partial charge in [-0.3, -0.25) is 37.3 Å². The molecule has 0 aliphatic carbocycles. The highest BCUT2D eigenvalue weighted by Crippen LogP contribution is 2.45. The topological polar surface area (TPSA) is 237 Å². The lowest BCUT2D eigenvalue weighted by molar-refractivity contribution is -0.161. The van der Waals surface area contributed by atoms with Crippen molar-refractivity contribution in [1.29, 1.82) is 0 Å². The fraction of sp³-hybridized carbons (Fsp3) is 0.945. The SMILES string of the molecule is CCC(C)CCCCCCCCCCCCCCCCC(=O)O[C@H](COC(=O)CCCCCCCCCCC(C)C)COP(=O)(O)OC[C@@H](O)COP(=O)(O)OC[C@@H](COC(=O)CCCCCCCCC(C)C)OC(=O)CCCCCCCCCCCCC(C)CC. The number of aliphatic hydroxyl groups excluding tert-OH is 1. The lowest BCUT2D eigenvalue weighted by Crippen LogP contribution is -2.30. The first-order valence-corrected chi connectivity index (χ1v) is 40.8. The molecule has 4 unspecified atom stereocenters. The molecule has 0 aliphatic heterocycles. The number of phosphoric acid groups is 2. The highest BCUT2D eigenvalue weighted by atomic mass is 31.2. The molecule has 7 atom stereocenters. The fourth-order valence-electron chi connectivity index (χ4n) is 11.0. The van der Waals surface area contributed by atoms with Gasteiger partial charge < -0.3 is 33.8 Å². The Hall–Kier alpha value is -1.94. The summed E-state index contributed by atoms with van der Waals surface area (Å²) in [4.78, 5) is 72.6. The van der Waals surface area contributed by atoms with Crippen LogP contribution in [-0.4, -0.2) is 96.7 Å². The van der Waals surface area contributed by atoms with Crippen molar-refractivity contribution in [3.05, 3.63) is 0 Å². The summed E-state index contributed by atoms with van der Waals surface area (Å²) in [6.45, 7) is 14.1. The molecule has 0 aromatic heterocycles. The second-order valence-corrected chi connectivity index (χ2v) is 30.7. The maximum absolute atomic E-state index is 13.0. The van der Waals surface area contributed by atoms with E-state index in [0.29, 0.717) is 31.6 Å². The zero-order chi connectivity index (χ0) is 68.2. The molecule has 0 radical (unpaired) electrons. The van der Waals surface area contributed by atoms with Crippen molar-refractivity contribution in [3.8, 4) is 0 Å². The van der Waals surface area contributed by atoms with Gasteiger partial charge in [0.2, 0.25) is 0 Å². The standard InChI is InChI=1S/C73H142O17P2/c1-9-65(7)51-43-35-26-19-15-13-11-12-14-16-21-29-39-47-55-72(77)89-68(59-83-70(75)53-45-37-28-24-23-25-33-41-49-63(3)4)61-87-91(79,80)85-57-67(74)58-86-92(81,82)88-62-69(60-84-71(76)54-46-38-32-31-34-42-50-64(5)6)90-73(78)56-48-40-30-22-18-17-20-27-36-44-52-66(8)10-2/h63-69,74H,9-62H2,1-8H3,(H,79,80)(H,81,82)/t65?,66?,67-,68-,69-/m1/s1. The Morgan fingerprint density at radius 2 is 0.522 bits per heavy atom. The minimum absolute atomic E-state index is 0.105. The van der Waals surface area contributed by atoms with Gasteiger partial charge >= 0.3 is 39.5 Å². The average molecular weight is 1350 g/mol. The number of ether oxygens (including phenoxy) is 4. The van der Waals surface area contributed by atoms with Crippen molar-refractivity contribution < 1.29 is 80.2 Å². The van der Waals surface area contributed by atoms with E-state index in [2.05, 4.69) is 55.4 Å². The van der Waals surface area contributed by atoms with Gasteiger partial charge in [0.1, 0.15) is 19.3 Å². The van der Waals surface area contributed by atoms with Gasteiger partial charge in [0.05, 0.1) is 26.4 Å². The van der Waals surface area contributed by atoms with Gasteiger partial charge in [-0.15, -0.1) is 0 Å². The van der Waals surface area contributed by atoms with E-state index in [1.165, 1.54) is 161 Å². The number of carbonyl (C=O) groups is 4. The lowest BCUT2D eigenvalue weighted by atomic mass is 9.99. The predicted molar refractivity (Wildman–Crippen MR) is 372 cm³/mol. The van der Waals surface area contributed by atoms with Crippen molar-refractivity contribution in [1.82, 2.24) is 0 Å². The molecule has 0 bridgehead atoms. The Balaban J connectivity index is 5.23. The molecule has 3 N–H and O–H groups in total. The van der Waals surface area contributed by atoms with Crippen LogP contribution in [0.1, 0.15) is 364 Å². The number of hydrogen-bond acceptors (Lipinski definition) is 15. The summed E-state index contributed by atoms with van der Waals surface area (Å²) < 4.78 is 68.4. The van der Waals surface area contributed by atoms with Crippen LogP contribution < -0.4 is 0 Å². The molecular weight excluding hydrogens is 1210 g/mol. The van der Waals surface area contributed by atoms with E-state index in [-0.39, 0.29) is 25.7 Å². The molecule has 0 fully saturated rings. The quantitative estimate of drug-likeness (QED) is 0.0222.